The lowest BCUT2D eigenvalue weighted by atomic mass is 10.0. The Balaban J connectivity index is 2.31. The first-order valence-corrected chi connectivity index (χ1v) is 8.53. The van der Waals surface area contributed by atoms with Crippen molar-refractivity contribution >= 4 is 12.1 Å². The lowest BCUT2D eigenvalue weighted by molar-refractivity contribution is -0.139. The predicted molar refractivity (Wildman–Crippen MR) is 82.4 cm³/mol. The number of ketones is 1. The lowest BCUT2D eigenvalue weighted by Gasteiger charge is -2.14. The predicted octanol–water partition coefficient (Wildman–Crippen LogP) is 3.46. The molecule has 1 saturated heterocycles. The minimum atomic E-state index is -0.568. The van der Waals surface area contributed by atoms with E-state index in [2.05, 4.69) is 0 Å². The quantitative estimate of drug-likeness (QED) is 0.578. The zero-order chi connectivity index (χ0) is 15.2. The molecule has 0 amide bonds. The van der Waals surface area contributed by atoms with Crippen LogP contribution >= 0.6 is 0 Å². The van der Waals surface area contributed by atoms with Gasteiger partial charge >= 0.3 is 0 Å². The largest absolute Gasteiger partial charge is 0.379 e. The number of ether oxygens (including phenoxy) is 2. The van der Waals surface area contributed by atoms with Crippen LogP contribution in [0.3, 0.4) is 0 Å². The second kappa shape index (κ2) is 13.0. The molecule has 1 aliphatic rings. The van der Waals surface area contributed by atoms with E-state index in [0.29, 0.717) is 25.9 Å². The average molecular weight is 298 g/mol. The van der Waals surface area contributed by atoms with Gasteiger partial charge < -0.3 is 9.47 Å². The highest BCUT2D eigenvalue weighted by molar-refractivity contribution is 6.27. The minimum Gasteiger partial charge on any atom is -0.379 e. The third-order valence-corrected chi connectivity index (χ3v) is 3.99. The Morgan fingerprint density at radius 2 is 1.33 bits per heavy atom. The summed E-state index contributed by atoms with van der Waals surface area (Å²) < 4.78 is 11.0. The highest BCUT2D eigenvalue weighted by Crippen LogP contribution is 2.13. The van der Waals surface area contributed by atoms with Crippen LogP contribution in [0.2, 0.25) is 0 Å². The Morgan fingerprint density at radius 3 is 1.95 bits per heavy atom. The van der Waals surface area contributed by atoms with Gasteiger partial charge in [0.25, 0.3) is 0 Å². The van der Waals surface area contributed by atoms with Gasteiger partial charge in [-0.05, 0) is 12.8 Å². The fourth-order valence-corrected chi connectivity index (χ4v) is 2.68. The topological polar surface area (TPSA) is 52.6 Å². The summed E-state index contributed by atoms with van der Waals surface area (Å²) in [5, 5.41) is 0. The molecular formula is C17H30O4. The summed E-state index contributed by atoms with van der Waals surface area (Å²) in [6, 6.07) is 0. The first kappa shape index (κ1) is 18.3. The fraction of sp³-hybridized carbons (Fsp3) is 0.882. The van der Waals surface area contributed by atoms with Crippen molar-refractivity contribution in [1.29, 1.82) is 0 Å². The van der Waals surface area contributed by atoms with Gasteiger partial charge in [-0.2, -0.15) is 0 Å². The van der Waals surface area contributed by atoms with Crippen LogP contribution in [0.15, 0.2) is 0 Å². The Labute approximate surface area is 128 Å². The molecular weight excluding hydrogens is 268 g/mol. The van der Waals surface area contributed by atoms with Crippen LogP contribution in [-0.2, 0) is 19.1 Å². The van der Waals surface area contributed by atoms with Crippen LogP contribution < -0.4 is 0 Å². The third kappa shape index (κ3) is 9.75. The van der Waals surface area contributed by atoms with Crippen molar-refractivity contribution in [3.05, 3.63) is 0 Å². The molecule has 21 heavy (non-hydrogen) atoms. The van der Waals surface area contributed by atoms with Crippen LogP contribution in [-0.4, -0.2) is 38.0 Å². The maximum atomic E-state index is 11.5. The van der Waals surface area contributed by atoms with Crippen molar-refractivity contribution in [1.82, 2.24) is 0 Å². The van der Waals surface area contributed by atoms with Gasteiger partial charge in [0, 0.05) is 6.61 Å². The molecule has 1 fully saturated rings. The van der Waals surface area contributed by atoms with E-state index in [1.807, 2.05) is 0 Å². The van der Waals surface area contributed by atoms with Crippen LogP contribution in [0, 0.1) is 0 Å². The summed E-state index contributed by atoms with van der Waals surface area (Å²) in [6.45, 7) is 1.66. The molecule has 0 aromatic heterocycles. The number of hydrogen-bond donors (Lipinski definition) is 0. The molecule has 0 spiro atoms. The van der Waals surface area contributed by atoms with Crippen LogP contribution in [0.5, 0.6) is 0 Å². The number of carbonyl (C=O) groups excluding carboxylic acids is 2. The summed E-state index contributed by atoms with van der Waals surface area (Å²) in [7, 11) is 0. The van der Waals surface area contributed by atoms with Gasteiger partial charge in [0.2, 0.25) is 5.78 Å². The van der Waals surface area contributed by atoms with Crippen molar-refractivity contribution < 1.29 is 19.1 Å². The summed E-state index contributed by atoms with van der Waals surface area (Å²) in [5.41, 5.74) is 0. The second-order valence-corrected chi connectivity index (χ2v) is 5.82. The van der Waals surface area contributed by atoms with E-state index < -0.39 is 11.9 Å². The maximum Gasteiger partial charge on any atom is 0.223 e. The second-order valence-electron chi connectivity index (χ2n) is 5.82. The summed E-state index contributed by atoms with van der Waals surface area (Å²) >= 11 is 0. The van der Waals surface area contributed by atoms with E-state index in [-0.39, 0.29) is 0 Å². The highest BCUT2D eigenvalue weighted by atomic mass is 16.5. The SMILES string of the molecule is O=CC(=O)C1CCCCCCCCCCCCOCCO1. The van der Waals surface area contributed by atoms with E-state index in [9.17, 15) is 9.59 Å². The molecule has 122 valence electrons. The number of rotatable bonds is 2. The van der Waals surface area contributed by atoms with Crippen molar-refractivity contribution in [3.8, 4) is 0 Å². The number of aldehydes is 1. The molecule has 0 N–H and O–H groups in total. The number of carbonyl (C=O) groups is 2. The number of Topliss-reactive ketones (excluding diaryl/α,β-unsaturated/α-hetero) is 1. The van der Waals surface area contributed by atoms with Crippen LogP contribution in [0.1, 0.15) is 70.6 Å². The molecule has 0 saturated carbocycles. The summed E-state index contributed by atoms with van der Waals surface area (Å²) in [4.78, 5) is 22.2. The van der Waals surface area contributed by atoms with E-state index in [4.69, 9.17) is 9.47 Å². The Morgan fingerprint density at radius 1 is 0.762 bits per heavy atom. The molecule has 1 aliphatic heterocycles. The zero-order valence-corrected chi connectivity index (χ0v) is 13.2. The van der Waals surface area contributed by atoms with Gasteiger partial charge in [-0.3, -0.25) is 9.59 Å². The molecule has 0 aromatic rings. The normalized spacial score (nSPS) is 24.9. The van der Waals surface area contributed by atoms with Crippen LogP contribution in [0.25, 0.3) is 0 Å². The van der Waals surface area contributed by atoms with Gasteiger partial charge in [0.05, 0.1) is 13.2 Å². The molecule has 0 aliphatic carbocycles. The molecule has 0 aromatic carbocycles. The maximum absolute atomic E-state index is 11.5. The van der Waals surface area contributed by atoms with E-state index in [1.165, 1.54) is 44.9 Å². The molecule has 1 unspecified atom stereocenters. The van der Waals surface area contributed by atoms with Crippen LogP contribution in [0.4, 0.5) is 0 Å². The fourth-order valence-electron chi connectivity index (χ4n) is 2.68. The molecule has 4 nitrogen and oxygen atoms in total. The van der Waals surface area contributed by atoms with Gasteiger partial charge in [-0.25, -0.2) is 0 Å². The van der Waals surface area contributed by atoms with E-state index in [0.717, 1.165) is 25.9 Å². The highest BCUT2D eigenvalue weighted by Gasteiger charge is 2.17. The molecule has 4 heteroatoms. The van der Waals surface area contributed by atoms with Gasteiger partial charge in [-0.15, -0.1) is 0 Å². The smallest absolute Gasteiger partial charge is 0.223 e. The molecule has 1 atom stereocenters. The van der Waals surface area contributed by atoms with Gasteiger partial charge in [0.1, 0.15) is 6.10 Å². The third-order valence-electron chi connectivity index (χ3n) is 3.99. The minimum absolute atomic E-state index is 0.383. The standard InChI is InChI=1S/C17H30O4/c18-15-16(19)17-11-9-7-5-3-1-2-4-6-8-10-12-20-13-14-21-17/h15,17H,1-14H2. The first-order chi connectivity index (χ1) is 10.3. The Kier molecular flexibility index (Phi) is 11.3. The van der Waals surface area contributed by atoms with E-state index >= 15 is 0 Å². The van der Waals surface area contributed by atoms with Gasteiger partial charge in [-0.1, -0.05) is 57.8 Å². The van der Waals surface area contributed by atoms with Crippen molar-refractivity contribution in [2.75, 3.05) is 19.8 Å². The number of hydrogen-bond acceptors (Lipinski definition) is 4. The lowest BCUT2D eigenvalue weighted by Crippen LogP contribution is -2.27. The van der Waals surface area contributed by atoms with Crippen molar-refractivity contribution in [2.45, 2.75) is 76.7 Å². The Bertz CT molecular complexity index is 260. The monoisotopic (exact) mass is 298 g/mol. The molecule has 1 rings (SSSR count). The average Bonchev–Trinajstić information content (AvgIpc) is 2.51. The van der Waals surface area contributed by atoms with Gasteiger partial charge in [0.15, 0.2) is 6.29 Å². The van der Waals surface area contributed by atoms with E-state index in [1.54, 1.807) is 0 Å². The first-order valence-electron chi connectivity index (χ1n) is 8.53. The summed E-state index contributed by atoms with van der Waals surface area (Å²) in [5.74, 6) is -0.437. The van der Waals surface area contributed by atoms with Crippen molar-refractivity contribution in [2.24, 2.45) is 0 Å². The zero-order valence-electron chi connectivity index (χ0n) is 13.2. The summed E-state index contributed by atoms with van der Waals surface area (Å²) in [6.07, 6.45) is 12.6. The molecule has 0 radical (unpaired) electrons. The molecule has 0 bridgehead atoms. The van der Waals surface area contributed by atoms with Crippen molar-refractivity contribution in [3.63, 3.8) is 0 Å². The Hall–Kier alpha value is -0.740. The molecule has 1 heterocycles.